The van der Waals surface area contributed by atoms with Gasteiger partial charge in [-0.25, -0.2) is 9.78 Å². The maximum Gasteiger partial charge on any atom is 0.321 e. The molecule has 3 aromatic rings. The minimum Gasteiger partial charge on any atom is -0.508 e. The van der Waals surface area contributed by atoms with E-state index in [1.54, 1.807) is 18.3 Å². The molecule has 10 nitrogen and oxygen atoms in total. The van der Waals surface area contributed by atoms with E-state index in [0.717, 1.165) is 48.1 Å². The number of anilines is 4. The largest absolute Gasteiger partial charge is 0.508 e. The van der Waals surface area contributed by atoms with Crippen molar-refractivity contribution in [3.05, 3.63) is 64.8 Å². The predicted octanol–water partition coefficient (Wildman–Crippen LogP) is 4.87. The topological polar surface area (TPSA) is 132 Å². The monoisotopic (exact) mass is 581 g/mol. The minimum atomic E-state index is -0.0837. The van der Waals surface area contributed by atoms with Crippen LogP contribution in [0.4, 0.5) is 27.9 Å². The summed E-state index contributed by atoms with van der Waals surface area (Å²) in [4.78, 5) is 35.2. The lowest BCUT2D eigenvalue weighted by atomic mass is 10.1. The predicted molar refractivity (Wildman–Crippen MR) is 152 cm³/mol. The highest BCUT2D eigenvalue weighted by Crippen LogP contribution is 2.23. The summed E-state index contributed by atoms with van der Waals surface area (Å²) in [5, 5.41) is 21.7. The number of likely N-dealkylation sites (tertiary alicyclic amines) is 1. The first-order valence-corrected chi connectivity index (χ1v) is 13.5. The van der Waals surface area contributed by atoms with Crippen molar-refractivity contribution >= 4 is 51.0 Å². The van der Waals surface area contributed by atoms with Crippen LogP contribution in [0.15, 0.2) is 59.2 Å². The van der Waals surface area contributed by atoms with E-state index in [1.165, 1.54) is 0 Å². The van der Waals surface area contributed by atoms with Crippen molar-refractivity contribution in [1.29, 1.82) is 0 Å². The van der Waals surface area contributed by atoms with Gasteiger partial charge in [0.1, 0.15) is 11.6 Å². The smallest absolute Gasteiger partial charge is 0.321 e. The third-order valence-electron chi connectivity index (χ3n) is 6.05. The zero-order chi connectivity index (χ0) is 26.7. The number of nitrogens with one attached hydrogen (secondary N) is 4. The number of amides is 3. The third-order valence-corrected chi connectivity index (χ3v) is 6.63. The second kappa shape index (κ2) is 13.6. The Balaban J connectivity index is 1.20. The molecule has 2 aromatic carbocycles. The zero-order valence-corrected chi connectivity index (χ0v) is 22.6. The molecule has 38 heavy (non-hydrogen) atoms. The number of hydrogen-bond donors (Lipinski definition) is 5. The van der Waals surface area contributed by atoms with Gasteiger partial charge in [-0.3, -0.25) is 4.79 Å². The van der Waals surface area contributed by atoms with Crippen molar-refractivity contribution in [3.8, 4) is 5.75 Å². The molecule has 0 unspecified atom stereocenters. The Morgan fingerprint density at radius 3 is 2.58 bits per heavy atom. The second-order valence-corrected chi connectivity index (χ2v) is 9.87. The van der Waals surface area contributed by atoms with Crippen molar-refractivity contribution in [2.75, 3.05) is 42.1 Å². The van der Waals surface area contributed by atoms with Gasteiger partial charge in [0.15, 0.2) is 0 Å². The highest BCUT2D eigenvalue weighted by Gasteiger charge is 2.17. The number of nitrogens with zero attached hydrogens (tertiary/aromatic N) is 3. The average molecular weight is 583 g/mol. The van der Waals surface area contributed by atoms with E-state index in [2.05, 4.69) is 47.2 Å². The number of carbonyl (C=O) groups excluding carboxylic acids is 2. The highest BCUT2D eigenvalue weighted by atomic mass is 79.9. The molecule has 1 fully saturated rings. The number of halogens is 1. The van der Waals surface area contributed by atoms with Gasteiger partial charge in [0.2, 0.25) is 11.9 Å². The van der Waals surface area contributed by atoms with Crippen LogP contribution in [0.2, 0.25) is 0 Å². The van der Waals surface area contributed by atoms with Crippen molar-refractivity contribution in [3.63, 3.8) is 0 Å². The van der Waals surface area contributed by atoms with Gasteiger partial charge in [0.05, 0.1) is 4.47 Å². The molecule has 1 aliphatic rings. The first kappa shape index (κ1) is 27.2. The summed E-state index contributed by atoms with van der Waals surface area (Å²) in [6.45, 7) is 2.75. The number of rotatable bonds is 11. The van der Waals surface area contributed by atoms with E-state index in [-0.39, 0.29) is 17.7 Å². The summed E-state index contributed by atoms with van der Waals surface area (Å²) in [6.07, 6.45) is 5.51. The zero-order valence-electron chi connectivity index (χ0n) is 21.0. The van der Waals surface area contributed by atoms with Gasteiger partial charge in [-0.15, -0.1) is 0 Å². The highest BCUT2D eigenvalue weighted by molar-refractivity contribution is 9.10. The molecule has 4 rings (SSSR count). The van der Waals surface area contributed by atoms with E-state index >= 15 is 0 Å². The first-order chi connectivity index (χ1) is 18.5. The van der Waals surface area contributed by atoms with Gasteiger partial charge in [-0.05, 0) is 77.5 Å². The van der Waals surface area contributed by atoms with E-state index in [0.29, 0.717) is 43.4 Å². The van der Waals surface area contributed by atoms with E-state index in [9.17, 15) is 14.7 Å². The molecule has 0 aliphatic carbocycles. The summed E-state index contributed by atoms with van der Waals surface area (Å²) in [6, 6.07) is 14.2. The minimum absolute atomic E-state index is 0.00775. The number of aromatic hydroxyl groups is 1. The van der Waals surface area contributed by atoms with Gasteiger partial charge < -0.3 is 31.3 Å². The number of aromatic nitrogens is 2. The quantitative estimate of drug-likeness (QED) is 0.204. The Hall–Kier alpha value is -3.86. The van der Waals surface area contributed by atoms with Crippen LogP contribution in [0, 0.1) is 0 Å². The van der Waals surface area contributed by atoms with Crippen molar-refractivity contribution in [2.24, 2.45) is 0 Å². The van der Waals surface area contributed by atoms with Gasteiger partial charge in [0.25, 0.3) is 0 Å². The Morgan fingerprint density at radius 2 is 1.79 bits per heavy atom. The standard InChI is InChI=1S/C27H32BrN7O3/c28-23-18-31-26(32-20-5-3-6-21(17-20)33-27(38)35-15-1-2-16-35)34-25(23)30-14-4-13-29-24(37)12-9-19-7-10-22(36)11-8-19/h3,5-8,10-11,17-18,36H,1-2,4,9,12-16H2,(H,29,37)(H,33,38)(H2,30,31,32,34). The van der Waals surface area contributed by atoms with E-state index in [1.807, 2.05) is 41.3 Å². The molecule has 1 aromatic heterocycles. The number of carbonyl (C=O) groups is 2. The average Bonchev–Trinajstić information content (AvgIpc) is 3.46. The lowest BCUT2D eigenvalue weighted by Gasteiger charge is -2.16. The van der Waals surface area contributed by atoms with E-state index < -0.39 is 0 Å². The SMILES string of the molecule is O=C(CCc1ccc(O)cc1)NCCCNc1nc(Nc2cccc(NC(=O)N3CCCC3)c2)ncc1Br. The van der Waals surface area contributed by atoms with Crippen LogP contribution in [0.25, 0.3) is 0 Å². The fraction of sp³-hybridized carbons (Fsp3) is 0.333. The molecule has 3 amide bonds. The molecule has 0 radical (unpaired) electrons. The lowest BCUT2D eigenvalue weighted by Crippen LogP contribution is -2.32. The van der Waals surface area contributed by atoms with Crippen LogP contribution >= 0.6 is 15.9 Å². The lowest BCUT2D eigenvalue weighted by molar-refractivity contribution is -0.121. The summed E-state index contributed by atoms with van der Waals surface area (Å²) in [5.41, 5.74) is 2.47. The molecule has 0 atom stereocenters. The molecule has 1 aliphatic heterocycles. The molecule has 2 heterocycles. The van der Waals surface area contributed by atoms with Gasteiger partial charge in [-0.1, -0.05) is 18.2 Å². The number of phenolic OH excluding ortho intramolecular Hbond substituents is 1. The molecule has 11 heteroatoms. The first-order valence-electron chi connectivity index (χ1n) is 12.7. The second-order valence-electron chi connectivity index (χ2n) is 9.02. The van der Waals surface area contributed by atoms with Crippen LogP contribution in [-0.2, 0) is 11.2 Å². The molecular formula is C27H32BrN7O3. The van der Waals surface area contributed by atoms with Crippen LogP contribution in [-0.4, -0.2) is 58.1 Å². The molecular weight excluding hydrogens is 550 g/mol. The fourth-order valence-corrected chi connectivity index (χ4v) is 4.34. The number of aryl methyl sites for hydroxylation is 1. The molecule has 0 bridgehead atoms. The number of urea groups is 1. The molecule has 0 saturated carbocycles. The summed E-state index contributed by atoms with van der Waals surface area (Å²) >= 11 is 3.47. The van der Waals surface area contributed by atoms with Gasteiger partial charge in [-0.2, -0.15) is 4.98 Å². The molecule has 1 saturated heterocycles. The van der Waals surface area contributed by atoms with Gasteiger partial charge in [0, 0.05) is 50.2 Å². The summed E-state index contributed by atoms with van der Waals surface area (Å²) in [5.74, 6) is 1.27. The van der Waals surface area contributed by atoms with Crippen molar-refractivity contribution in [1.82, 2.24) is 20.2 Å². The Morgan fingerprint density at radius 1 is 1.03 bits per heavy atom. The number of hydrogen-bond acceptors (Lipinski definition) is 7. The van der Waals surface area contributed by atoms with Crippen LogP contribution in [0.1, 0.15) is 31.2 Å². The fourth-order valence-electron chi connectivity index (χ4n) is 4.01. The number of phenols is 1. The van der Waals surface area contributed by atoms with Gasteiger partial charge >= 0.3 is 6.03 Å². The van der Waals surface area contributed by atoms with Crippen LogP contribution in [0.5, 0.6) is 5.75 Å². The van der Waals surface area contributed by atoms with E-state index in [4.69, 9.17) is 0 Å². The Bertz CT molecular complexity index is 1230. The van der Waals surface area contributed by atoms with Crippen LogP contribution < -0.4 is 21.3 Å². The van der Waals surface area contributed by atoms with Crippen molar-refractivity contribution < 1.29 is 14.7 Å². The maximum absolute atomic E-state index is 12.4. The maximum atomic E-state index is 12.4. The third kappa shape index (κ3) is 8.34. The molecule has 0 spiro atoms. The summed E-state index contributed by atoms with van der Waals surface area (Å²) in [7, 11) is 0. The normalized spacial score (nSPS) is 12.7. The number of benzene rings is 2. The van der Waals surface area contributed by atoms with Crippen LogP contribution in [0.3, 0.4) is 0 Å². The van der Waals surface area contributed by atoms with Crippen molar-refractivity contribution in [2.45, 2.75) is 32.1 Å². The summed E-state index contributed by atoms with van der Waals surface area (Å²) < 4.78 is 0.729. The Labute approximate surface area is 230 Å². The molecule has 200 valence electrons. The molecule has 5 N–H and O–H groups in total. The Kier molecular flexibility index (Phi) is 9.74.